The highest BCUT2D eigenvalue weighted by Gasteiger charge is 2.21. The molecule has 0 saturated carbocycles. The number of Topliss-reactive ketones (excluding diaryl/α,β-unsaturated/α-hetero) is 1. The maximum atomic E-state index is 12.3. The molecule has 0 aromatic heterocycles. The number of ether oxygens (including phenoxy) is 1. The van der Waals surface area contributed by atoms with E-state index in [9.17, 15) is 9.59 Å². The van der Waals surface area contributed by atoms with Crippen LogP contribution in [0.25, 0.3) is 0 Å². The van der Waals surface area contributed by atoms with Gasteiger partial charge in [-0.1, -0.05) is 0 Å². The summed E-state index contributed by atoms with van der Waals surface area (Å²) in [6.07, 6.45) is 0. The summed E-state index contributed by atoms with van der Waals surface area (Å²) in [5.74, 6) is 0.686. The fourth-order valence-corrected chi connectivity index (χ4v) is 2.42. The lowest BCUT2D eigenvalue weighted by Gasteiger charge is -2.33. The van der Waals surface area contributed by atoms with Gasteiger partial charge in [0, 0.05) is 38.7 Å². The van der Waals surface area contributed by atoms with Crippen LogP contribution in [0.5, 0.6) is 5.75 Å². The molecule has 1 aromatic rings. The largest absolute Gasteiger partial charge is 0.495 e. The molecule has 0 radical (unpaired) electrons. The van der Waals surface area contributed by atoms with E-state index in [0.29, 0.717) is 36.6 Å². The van der Waals surface area contributed by atoms with Crippen molar-refractivity contribution in [3.8, 4) is 5.75 Å². The Morgan fingerprint density at radius 1 is 1.24 bits per heavy atom. The molecule has 0 aliphatic carbocycles. The van der Waals surface area contributed by atoms with E-state index < -0.39 is 0 Å². The molecule has 2 rings (SSSR count). The summed E-state index contributed by atoms with van der Waals surface area (Å²) in [4.78, 5) is 27.4. The minimum absolute atomic E-state index is 0.0284. The highest BCUT2D eigenvalue weighted by Crippen LogP contribution is 2.22. The van der Waals surface area contributed by atoms with Crippen LogP contribution in [-0.4, -0.2) is 61.3 Å². The van der Waals surface area contributed by atoms with Gasteiger partial charge in [0.15, 0.2) is 5.78 Å². The molecule has 0 spiro atoms. The summed E-state index contributed by atoms with van der Waals surface area (Å²) in [5.41, 5.74) is 6.87. The van der Waals surface area contributed by atoms with E-state index in [1.54, 1.807) is 37.1 Å². The van der Waals surface area contributed by atoms with Gasteiger partial charge in [0.1, 0.15) is 5.75 Å². The first-order valence-electron chi connectivity index (χ1n) is 6.96. The summed E-state index contributed by atoms with van der Waals surface area (Å²) in [6.45, 7) is 4.70. The number of methoxy groups -OCH3 is 1. The van der Waals surface area contributed by atoms with Crippen molar-refractivity contribution < 1.29 is 14.3 Å². The van der Waals surface area contributed by atoms with Crippen LogP contribution in [0, 0.1) is 0 Å². The summed E-state index contributed by atoms with van der Waals surface area (Å²) < 4.78 is 5.08. The number of rotatable bonds is 4. The van der Waals surface area contributed by atoms with E-state index in [4.69, 9.17) is 10.5 Å². The highest BCUT2D eigenvalue weighted by molar-refractivity contribution is 5.98. The molecule has 1 fully saturated rings. The average molecular weight is 291 g/mol. The van der Waals surface area contributed by atoms with Crippen LogP contribution < -0.4 is 10.5 Å². The van der Waals surface area contributed by atoms with E-state index in [0.717, 1.165) is 13.1 Å². The first-order valence-corrected chi connectivity index (χ1v) is 6.96. The standard InChI is InChI=1S/C15H21N3O3/c1-11(19)18-7-5-17(6-8-18)10-14(20)12-3-4-15(21-2)13(16)9-12/h3-4,9H,5-8,10,16H2,1-2H3. The van der Waals surface area contributed by atoms with Crippen molar-refractivity contribution in [1.82, 2.24) is 9.80 Å². The molecule has 1 aliphatic rings. The number of hydrogen-bond donors (Lipinski definition) is 1. The second kappa shape index (κ2) is 6.58. The van der Waals surface area contributed by atoms with Crippen molar-refractivity contribution in [1.29, 1.82) is 0 Å². The Kier molecular flexibility index (Phi) is 4.80. The zero-order valence-electron chi connectivity index (χ0n) is 12.5. The van der Waals surface area contributed by atoms with E-state index in [2.05, 4.69) is 4.90 Å². The predicted octanol–water partition coefficient (Wildman–Crippen LogP) is 0.624. The molecule has 6 heteroatoms. The number of amides is 1. The van der Waals surface area contributed by atoms with Gasteiger partial charge in [0.05, 0.1) is 19.3 Å². The normalized spacial score (nSPS) is 15.8. The summed E-state index contributed by atoms with van der Waals surface area (Å²) >= 11 is 0. The Morgan fingerprint density at radius 3 is 2.43 bits per heavy atom. The number of carbonyl (C=O) groups excluding carboxylic acids is 2. The van der Waals surface area contributed by atoms with E-state index in [-0.39, 0.29) is 11.7 Å². The zero-order chi connectivity index (χ0) is 15.4. The smallest absolute Gasteiger partial charge is 0.219 e. The minimum Gasteiger partial charge on any atom is -0.495 e. The van der Waals surface area contributed by atoms with E-state index >= 15 is 0 Å². The van der Waals surface area contributed by atoms with Gasteiger partial charge in [0.25, 0.3) is 0 Å². The number of hydrogen-bond acceptors (Lipinski definition) is 5. The maximum Gasteiger partial charge on any atom is 0.219 e. The van der Waals surface area contributed by atoms with Gasteiger partial charge in [-0.05, 0) is 18.2 Å². The highest BCUT2D eigenvalue weighted by atomic mass is 16.5. The summed E-state index contributed by atoms with van der Waals surface area (Å²) in [5, 5.41) is 0. The molecular formula is C15H21N3O3. The predicted molar refractivity (Wildman–Crippen MR) is 80.4 cm³/mol. The van der Waals surface area contributed by atoms with Crippen molar-refractivity contribution in [3.63, 3.8) is 0 Å². The van der Waals surface area contributed by atoms with Crippen LogP contribution in [0.1, 0.15) is 17.3 Å². The fraction of sp³-hybridized carbons (Fsp3) is 0.467. The topological polar surface area (TPSA) is 75.9 Å². The van der Waals surface area contributed by atoms with Crippen LogP contribution in [0.15, 0.2) is 18.2 Å². The minimum atomic E-state index is 0.0284. The molecule has 1 aliphatic heterocycles. The molecule has 1 amide bonds. The van der Waals surface area contributed by atoms with Gasteiger partial charge in [-0.2, -0.15) is 0 Å². The van der Waals surface area contributed by atoms with Crippen molar-refractivity contribution >= 4 is 17.4 Å². The van der Waals surface area contributed by atoms with Crippen LogP contribution >= 0.6 is 0 Å². The molecule has 6 nitrogen and oxygen atoms in total. The molecule has 0 bridgehead atoms. The van der Waals surface area contributed by atoms with Crippen molar-refractivity contribution in [2.24, 2.45) is 0 Å². The van der Waals surface area contributed by atoms with Crippen molar-refractivity contribution in [2.45, 2.75) is 6.92 Å². The lowest BCUT2D eigenvalue weighted by molar-refractivity contribution is -0.130. The van der Waals surface area contributed by atoms with Crippen LogP contribution in [-0.2, 0) is 4.79 Å². The average Bonchev–Trinajstić information content (AvgIpc) is 2.47. The second-order valence-corrected chi connectivity index (χ2v) is 5.16. The molecule has 1 heterocycles. The number of nitrogen functional groups attached to an aromatic ring is 1. The molecule has 1 saturated heterocycles. The van der Waals surface area contributed by atoms with Gasteiger partial charge in [-0.15, -0.1) is 0 Å². The lowest BCUT2D eigenvalue weighted by Crippen LogP contribution is -2.49. The van der Waals surface area contributed by atoms with Crippen molar-refractivity contribution in [2.75, 3.05) is 45.6 Å². The summed E-state index contributed by atoms with van der Waals surface area (Å²) in [6, 6.07) is 5.08. The number of nitrogens with zero attached hydrogens (tertiary/aromatic N) is 2. The molecular weight excluding hydrogens is 270 g/mol. The molecule has 2 N–H and O–H groups in total. The van der Waals surface area contributed by atoms with Crippen LogP contribution in [0.2, 0.25) is 0 Å². The lowest BCUT2D eigenvalue weighted by atomic mass is 10.1. The van der Waals surface area contributed by atoms with Gasteiger partial charge in [0.2, 0.25) is 5.91 Å². The third-order valence-electron chi connectivity index (χ3n) is 3.74. The van der Waals surface area contributed by atoms with Gasteiger partial charge < -0.3 is 15.4 Å². The number of benzene rings is 1. The molecule has 114 valence electrons. The molecule has 0 unspecified atom stereocenters. The van der Waals surface area contributed by atoms with Gasteiger partial charge >= 0.3 is 0 Å². The third kappa shape index (κ3) is 3.72. The SMILES string of the molecule is COc1ccc(C(=O)CN2CCN(C(C)=O)CC2)cc1N. The quantitative estimate of drug-likeness (QED) is 0.650. The number of piperazine rings is 1. The summed E-state index contributed by atoms with van der Waals surface area (Å²) in [7, 11) is 1.54. The molecule has 0 atom stereocenters. The van der Waals surface area contributed by atoms with E-state index in [1.165, 1.54) is 0 Å². The number of nitrogens with two attached hydrogens (primary N) is 1. The molecule has 1 aromatic carbocycles. The van der Waals surface area contributed by atoms with Gasteiger partial charge in [-0.25, -0.2) is 0 Å². The Labute approximate surface area is 124 Å². The van der Waals surface area contributed by atoms with E-state index in [1.807, 2.05) is 0 Å². The Morgan fingerprint density at radius 2 is 1.90 bits per heavy atom. The van der Waals surface area contributed by atoms with Gasteiger partial charge in [-0.3, -0.25) is 14.5 Å². The van der Waals surface area contributed by atoms with Crippen LogP contribution in [0.4, 0.5) is 5.69 Å². The Hall–Kier alpha value is -2.08. The number of carbonyl (C=O) groups is 2. The fourth-order valence-electron chi connectivity index (χ4n) is 2.42. The van der Waals surface area contributed by atoms with Crippen LogP contribution in [0.3, 0.4) is 0 Å². The second-order valence-electron chi connectivity index (χ2n) is 5.16. The number of anilines is 1. The maximum absolute atomic E-state index is 12.3. The zero-order valence-corrected chi connectivity index (χ0v) is 12.5. The number of ketones is 1. The first-order chi connectivity index (χ1) is 10.0. The third-order valence-corrected chi connectivity index (χ3v) is 3.74. The Bertz CT molecular complexity index is 537. The van der Waals surface area contributed by atoms with Crippen molar-refractivity contribution in [3.05, 3.63) is 23.8 Å². The Balaban J connectivity index is 1.93. The first kappa shape index (κ1) is 15.3. The molecule has 21 heavy (non-hydrogen) atoms. The monoisotopic (exact) mass is 291 g/mol.